The number of aryl methyl sites for hydroxylation is 1. The molecule has 4 aromatic rings. The lowest BCUT2D eigenvalue weighted by Gasteiger charge is -2.25. The Hall–Kier alpha value is -2.48. The molecule has 0 unspecified atom stereocenters. The number of hydrogen-bond acceptors (Lipinski definition) is 5. The van der Waals surface area contributed by atoms with E-state index in [4.69, 9.17) is 0 Å². The fourth-order valence-corrected chi connectivity index (χ4v) is 6.16. The molecule has 1 aliphatic heterocycles. The van der Waals surface area contributed by atoms with E-state index in [1.807, 2.05) is 36.4 Å². The molecule has 154 valence electrons. The largest absolute Gasteiger partial charge is 0.332 e. The highest BCUT2D eigenvalue weighted by Crippen LogP contribution is 2.32. The van der Waals surface area contributed by atoms with Gasteiger partial charge in [0.2, 0.25) is 0 Å². The molecular weight excluding hydrogens is 414 g/mol. The molecule has 1 aromatic carbocycles. The van der Waals surface area contributed by atoms with Crippen LogP contribution in [0.4, 0.5) is 0 Å². The number of rotatable bonds is 4. The van der Waals surface area contributed by atoms with E-state index in [0.29, 0.717) is 11.2 Å². The van der Waals surface area contributed by atoms with Crippen LogP contribution in [0.1, 0.15) is 29.3 Å². The molecule has 1 fully saturated rings. The first kappa shape index (κ1) is 19.5. The van der Waals surface area contributed by atoms with Gasteiger partial charge in [0, 0.05) is 15.8 Å². The summed E-state index contributed by atoms with van der Waals surface area (Å²) >= 11 is 3.15. The number of nitrogens with one attached hydrogen (secondary N) is 1. The molecule has 0 atom stereocenters. The second-order valence-corrected chi connectivity index (χ2v) is 9.80. The van der Waals surface area contributed by atoms with Crippen LogP contribution in [0.3, 0.4) is 0 Å². The van der Waals surface area contributed by atoms with E-state index in [9.17, 15) is 9.59 Å². The number of piperidine rings is 1. The standard InChI is InChI=1S/C23H23N3O2S2/c1-15-9-12-29-20(15)14-25-18-13-19(16-5-3-2-4-6-16)30-21(18)22(27)26(23(25)28)17-7-10-24-11-8-17/h2-6,9,12-13,17,24H,7-8,10-11,14H2,1H3. The van der Waals surface area contributed by atoms with Gasteiger partial charge in [-0.3, -0.25) is 13.9 Å². The molecule has 0 spiro atoms. The van der Waals surface area contributed by atoms with Crippen LogP contribution in [0.5, 0.6) is 0 Å². The van der Waals surface area contributed by atoms with Gasteiger partial charge in [0.25, 0.3) is 5.56 Å². The van der Waals surface area contributed by atoms with Gasteiger partial charge in [-0.1, -0.05) is 30.3 Å². The molecule has 3 aromatic heterocycles. The van der Waals surface area contributed by atoms with Crippen molar-refractivity contribution in [2.75, 3.05) is 13.1 Å². The zero-order chi connectivity index (χ0) is 20.7. The van der Waals surface area contributed by atoms with Crippen LogP contribution in [0.2, 0.25) is 0 Å². The lowest BCUT2D eigenvalue weighted by Crippen LogP contribution is -2.44. The molecule has 1 N–H and O–H groups in total. The summed E-state index contributed by atoms with van der Waals surface area (Å²) in [5.41, 5.74) is 2.65. The average Bonchev–Trinajstić information content (AvgIpc) is 3.39. The summed E-state index contributed by atoms with van der Waals surface area (Å²) in [5.74, 6) is 0. The van der Waals surface area contributed by atoms with Crippen LogP contribution < -0.4 is 16.6 Å². The fourth-order valence-electron chi connectivity index (χ4n) is 4.16. The van der Waals surface area contributed by atoms with E-state index < -0.39 is 0 Å². The van der Waals surface area contributed by atoms with Gasteiger partial charge in [0.15, 0.2) is 0 Å². The lowest BCUT2D eigenvalue weighted by molar-refractivity contribution is 0.347. The van der Waals surface area contributed by atoms with Gasteiger partial charge < -0.3 is 5.32 Å². The normalized spacial score (nSPS) is 15.1. The van der Waals surface area contributed by atoms with Crippen LogP contribution in [0.25, 0.3) is 20.7 Å². The molecule has 0 bridgehead atoms. The summed E-state index contributed by atoms with van der Waals surface area (Å²) in [7, 11) is 0. The van der Waals surface area contributed by atoms with Crippen LogP contribution >= 0.6 is 22.7 Å². The first-order valence-electron chi connectivity index (χ1n) is 10.2. The van der Waals surface area contributed by atoms with Crippen LogP contribution in [0.15, 0.2) is 57.4 Å². The molecule has 0 amide bonds. The Balaban J connectivity index is 1.75. The summed E-state index contributed by atoms with van der Waals surface area (Å²) in [6, 6.07) is 14.1. The zero-order valence-corrected chi connectivity index (χ0v) is 18.4. The molecule has 1 aliphatic rings. The van der Waals surface area contributed by atoms with Gasteiger partial charge in [0.05, 0.1) is 12.1 Å². The quantitative estimate of drug-likeness (QED) is 0.520. The van der Waals surface area contributed by atoms with Crippen molar-refractivity contribution in [3.8, 4) is 10.4 Å². The first-order chi connectivity index (χ1) is 14.6. The first-order valence-corrected chi connectivity index (χ1v) is 11.9. The molecule has 7 heteroatoms. The maximum absolute atomic E-state index is 13.6. The van der Waals surface area contributed by atoms with Gasteiger partial charge >= 0.3 is 5.69 Å². The third kappa shape index (κ3) is 3.37. The van der Waals surface area contributed by atoms with E-state index >= 15 is 0 Å². The van der Waals surface area contributed by atoms with E-state index in [2.05, 4.69) is 23.7 Å². The number of aromatic nitrogens is 2. The van der Waals surface area contributed by atoms with Crippen LogP contribution in [-0.2, 0) is 6.54 Å². The zero-order valence-electron chi connectivity index (χ0n) is 16.8. The maximum Gasteiger partial charge on any atom is 0.332 e. The minimum atomic E-state index is -0.190. The van der Waals surface area contributed by atoms with E-state index in [1.54, 1.807) is 15.9 Å². The number of hydrogen-bond donors (Lipinski definition) is 1. The monoisotopic (exact) mass is 437 g/mol. The Bertz CT molecular complexity index is 1310. The number of fused-ring (bicyclic) bond motifs is 1. The van der Waals surface area contributed by atoms with Crippen molar-refractivity contribution in [2.24, 2.45) is 0 Å². The maximum atomic E-state index is 13.6. The minimum Gasteiger partial charge on any atom is -0.317 e. The molecule has 0 saturated carbocycles. The molecule has 4 heterocycles. The number of benzene rings is 1. The van der Waals surface area contributed by atoms with Crippen molar-refractivity contribution in [2.45, 2.75) is 32.4 Å². The molecular formula is C23H23N3O2S2. The van der Waals surface area contributed by atoms with Crippen molar-refractivity contribution in [1.29, 1.82) is 0 Å². The summed E-state index contributed by atoms with van der Waals surface area (Å²) in [6.07, 6.45) is 1.60. The predicted octanol–water partition coefficient (Wildman–Crippen LogP) is 4.23. The van der Waals surface area contributed by atoms with E-state index in [-0.39, 0.29) is 17.3 Å². The minimum absolute atomic E-state index is 0.0476. The molecule has 30 heavy (non-hydrogen) atoms. The van der Waals surface area contributed by atoms with Crippen molar-refractivity contribution < 1.29 is 0 Å². The van der Waals surface area contributed by atoms with E-state index in [0.717, 1.165) is 46.8 Å². The highest BCUT2D eigenvalue weighted by atomic mass is 32.1. The van der Waals surface area contributed by atoms with Crippen molar-refractivity contribution in [3.63, 3.8) is 0 Å². The van der Waals surface area contributed by atoms with Crippen molar-refractivity contribution >= 4 is 32.9 Å². The highest BCUT2D eigenvalue weighted by Gasteiger charge is 2.24. The van der Waals surface area contributed by atoms with Gasteiger partial charge in [-0.25, -0.2) is 4.79 Å². The van der Waals surface area contributed by atoms with Gasteiger partial charge in [0.1, 0.15) is 4.70 Å². The molecule has 0 radical (unpaired) electrons. The van der Waals surface area contributed by atoms with Crippen molar-refractivity contribution in [3.05, 3.63) is 79.1 Å². The second kappa shape index (κ2) is 7.98. The lowest BCUT2D eigenvalue weighted by atomic mass is 10.1. The molecule has 0 aliphatic carbocycles. The predicted molar refractivity (Wildman–Crippen MR) is 125 cm³/mol. The second-order valence-electron chi connectivity index (χ2n) is 7.74. The Morgan fingerprint density at radius 3 is 2.57 bits per heavy atom. The van der Waals surface area contributed by atoms with Crippen LogP contribution in [0, 0.1) is 6.92 Å². The summed E-state index contributed by atoms with van der Waals surface area (Å²) < 4.78 is 4.00. The smallest absolute Gasteiger partial charge is 0.317 e. The Labute approximate surface area is 182 Å². The number of thiophene rings is 2. The summed E-state index contributed by atoms with van der Waals surface area (Å²) in [6.45, 7) is 4.23. The molecule has 1 saturated heterocycles. The fraction of sp³-hybridized carbons (Fsp3) is 0.304. The SMILES string of the molecule is Cc1ccsc1Cn1c(=O)n(C2CCNCC2)c(=O)c2sc(-c3ccccc3)cc21. The summed E-state index contributed by atoms with van der Waals surface area (Å²) in [4.78, 5) is 29.2. The van der Waals surface area contributed by atoms with Gasteiger partial charge in [-0.2, -0.15) is 0 Å². The molecule has 5 nitrogen and oxygen atoms in total. The Kier molecular flexibility index (Phi) is 5.18. The highest BCUT2D eigenvalue weighted by molar-refractivity contribution is 7.22. The van der Waals surface area contributed by atoms with Gasteiger partial charge in [-0.05, 0) is 61.5 Å². The van der Waals surface area contributed by atoms with Crippen molar-refractivity contribution in [1.82, 2.24) is 14.5 Å². The summed E-state index contributed by atoms with van der Waals surface area (Å²) in [5, 5.41) is 5.38. The molecule has 5 rings (SSSR count). The third-order valence-electron chi connectivity index (χ3n) is 5.86. The average molecular weight is 438 g/mol. The topological polar surface area (TPSA) is 56.0 Å². The Morgan fingerprint density at radius 2 is 1.87 bits per heavy atom. The number of nitrogens with zero attached hydrogens (tertiary/aromatic N) is 2. The van der Waals surface area contributed by atoms with Crippen LogP contribution in [-0.4, -0.2) is 22.2 Å². The third-order valence-corrected chi connectivity index (χ3v) is 8.02. The van der Waals surface area contributed by atoms with Gasteiger partial charge in [-0.15, -0.1) is 22.7 Å². The van der Waals surface area contributed by atoms with E-state index in [1.165, 1.54) is 21.5 Å². The Morgan fingerprint density at radius 1 is 1.10 bits per heavy atom.